The first-order valence-electron chi connectivity index (χ1n) is 7.19. The minimum Gasteiger partial charge on any atom is -0.394 e. The second kappa shape index (κ2) is 4.82. The van der Waals surface area contributed by atoms with Gasteiger partial charge in [-0.1, -0.05) is 38.1 Å². The second-order valence-corrected chi connectivity index (χ2v) is 5.86. The summed E-state index contributed by atoms with van der Waals surface area (Å²) in [7, 11) is 0. The number of hydrogen-bond donors (Lipinski definition) is 1. The molecule has 0 unspecified atom stereocenters. The molecule has 1 aliphatic carbocycles. The highest BCUT2D eigenvalue weighted by Crippen LogP contribution is 2.37. The fourth-order valence-corrected chi connectivity index (χ4v) is 2.54. The largest absolute Gasteiger partial charge is 0.394 e. The molecule has 0 atom stereocenters. The van der Waals surface area contributed by atoms with Crippen molar-refractivity contribution in [3.63, 3.8) is 0 Å². The Hall–Kier alpha value is -2.03. The van der Waals surface area contributed by atoms with Crippen molar-refractivity contribution in [2.24, 2.45) is 0 Å². The van der Waals surface area contributed by atoms with Crippen LogP contribution in [0.2, 0.25) is 0 Å². The Morgan fingerprint density at radius 1 is 1.10 bits per heavy atom. The van der Waals surface area contributed by atoms with Gasteiger partial charge in [0.1, 0.15) is 0 Å². The van der Waals surface area contributed by atoms with E-state index >= 15 is 0 Å². The van der Waals surface area contributed by atoms with Gasteiger partial charge in [0.2, 0.25) is 0 Å². The average Bonchev–Trinajstić information content (AvgIpc) is 3.26. The smallest absolute Gasteiger partial charge is 0.274 e. The lowest BCUT2D eigenvalue weighted by molar-refractivity contribution is 0.718. The van der Waals surface area contributed by atoms with E-state index in [0.29, 0.717) is 17.6 Å². The number of hydrogen-bond acceptors (Lipinski definition) is 2. The number of anilines is 1. The summed E-state index contributed by atoms with van der Waals surface area (Å²) in [5.41, 5.74) is 9.40. The normalized spacial score (nSPS) is 14.8. The zero-order valence-electron chi connectivity index (χ0n) is 12.0. The van der Waals surface area contributed by atoms with Crippen LogP contribution in [0.1, 0.15) is 44.2 Å². The van der Waals surface area contributed by atoms with Crippen molar-refractivity contribution in [1.82, 2.24) is 4.57 Å². The van der Waals surface area contributed by atoms with E-state index in [0.717, 1.165) is 24.1 Å². The maximum absolute atomic E-state index is 12.3. The van der Waals surface area contributed by atoms with Crippen LogP contribution >= 0.6 is 0 Å². The van der Waals surface area contributed by atoms with Crippen molar-refractivity contribution in [3.8, 4) is 11.3 Å². The maximum Gasteiger partial charge on any atom is 0.274 e. The molecular formula is C17H20N2O. The van der Waals surface area contributed by atoms with Crippen molar-refractivity contribution in [3.05, 3.63) is 52.3 Å². The van der Waals surface area contributed by atoms with Crippen LogP contribution in [0.4, 0.5) is 5.69 Å². The van der Waals surface area contributed by atoms with Crippen LogP contribution in [-0.2, 0) is 0 Å². The fourth-order valence-electron chi connectivity index (χ4n) is 2.54. The highest BCUT2D eigenvalue weighted by Gasteiger charge is 2.27. The molecular weight excluding hydrogens is 248 g/mol. The number of rotatable bonds is 3. The standard InChI is InChI=1S/C17H20N2O/c1-11(2)12-3-5-13(6-4-12)16-10-9-15(18)17(20)19(16)14-7-8-14/h3-6,9-11,14H,7-8,18H2,1-2H3. The Morgan fingerprint density at radius 2 is 1.75 bits per heavy atom. The molecule has 0 spiro atoms. The van der Waals surface area contributed by atoms with Gasteiger partial charge in [0.05, 0.1) is 11.4 Å². The Labute approximate surface area is 119 Å². The number of aromatic nitrogens is 1. The molecule has 0 amide bonds. The molecule has 20 heavy (non-hydrogen) atoms. The topological polar surface area (TPSA) is 48.0 Å². The molecule has 1 aromatic carbocycles. The minimum atomic E-state index is -0.0575. The highest BCUT2D eigenvalue weighted by atomic mass is 16.1. The molecule has 104 valence electrons. The van der Waals surface area contributed by atoms with Gasteiger partial charge in [-0.15, -0.1) is 0 Å². The first-order chi connectivity index (χ1) is 9.58. The van der Waals surface area contributed by atoms with Gasteiger partial charge in [-0.2, -0.15) is 0 Å². The first kappa shape index (κ1) is 13.0. The van der Waals surface area contributed by atoms with E-state index < -0.39 is 0 Å². The molecule has 3 nitrogen and oxygen atoms in total. The van der Waals surface area contributed by atoms with E-state index in [1.807, 2.05) is 10.6 Å². The summed E-state index contributed by atoms with van der Waals surface area (Å²) < 4.78 is 1.86. The third kappa shape index (κ3) is 2.24. The second-order valence-electron chi connectivity index (χ2n) is 5.86. The third-order valence-corrected chi connectivity index (χ3v) is 3.93. The van der Waals surface area contributed by atoms with Gasteiger partial charge in [0.15, 0.2) is 0 Å². The molecule has 1 fully saturated rings. The summed E-state index contributed by atoms with van der Waals surface area (Å²) in [6.45, 7) is 4.36. The predicted molar refractivity (Wildman–Crippen MR) is 82.9 cm³/mol. The highest BCUT2D eigenvalue weighted by molar-refractivity contribution is 5.62. The number of nitrogens with two attached hydrogens (primary N) is 1. The lowest BCUT2D eigenvalue weighted by Gasteiger charge is -2.14. The molecule has 0 bridgehead atoms. The van der Waals surface area contributed by atoms with E-state index in [9.17, 15) is 4.79 Å². The van der Waals surface area contributed by atoms with Crippen LogP contribution < -0.4 is 11.3 Å². The fraction of sp³-hybridized carbons (Fsp3) is 0.353. The molecule has 3 heteroatoms. The van der Waals surface area contributed by atoms with Gasteiger partial charge in [-0.05, 0) is 42.0 Å². The summed E-state index contributed by atoms with van der Waals surface area (Å²) in [5, 5.41) is 0. The average molecular weight is 268 g/mol. The lowest BCUT2D eigenvalue weighted by Crippen LogP contribution is -2.23. The van der Waals surface area contributed by atoms with E-state index in [2.05, 4.69) is 38.1 Å². The van der Waals surface area contributed by atoms with Crippen LogP contribution in [0.3, 0.4) is 0 Å². The van der Waals surface area contributed by atoms with E-state index in [1.165, 1.54) is 5.56 Å². The Morgan fingerprint density at radius 3 is 2.30 bits per heavy atom. The number of pyridine rings is 1. The van der Waals surface area contributed by atoms with E-state index in [-0.39, 0.29) is 5.56 Å². The molecule has 1 aromatic heterocycles. The molecule has 0 radical (unpaired) electrons. The molecule has 1 saturated carbocycles. The first-order valence-corrected chi connectivity index (χ1v) is 7.19. The monoisotopic (exact) mass is 268 g/mol. The van der Waals surface area contributed by atoms with Crippen LogP contribution in [0, 0.1) is 0 Å². The van der Waals surface area contributed by atoms with Crippen LogP contribution in [0.5, 0.6) is 0 Å². The summed E-state index contributed by atoms with van der Waals surface area (Å²) in [6, 6.07) is 12.5. The molecule has 3 rings (SSSR count). The van der Waals surface area contributed by atoms with Crippen molar-refractivity contribution in [2.45, 2.75) is 38.6 Å². The van der Waals surface area contributed by atoms with Gasteiger partial charge in [-0.3, -0.25) is 4.79 Å². The van der Waals surface area contributed by atoms with Gasteiger partial charge in [-0.25, -0.2) is 0 Å². The summed E-state index contributed by atoms with van der Waals surface area (Å²) in [5.74, 6) is 0.515. The van der Waals surface area contributed by atoms with Crippen LogP contribution in [0.15, 0.2) is 41.2 Å². The van der Waals surface area contributed by atoms with Gasteiger partial charge >= 0.3 is 0 Å². The van der Waals surface area contributed by atoms with Crippen molar-refractivity contribution < 1.29 is 0 Å². The Bertz CT molecular complexity index is 679. The Balaban J connectivity index is 2.10. The Kier molecular flexibility index (Phi) is 3.13. The molecule has 1 aliphatic rings. The van der Waals surface area contributed by atoms with Crippen molar-refractivity contribution in [1.29, 1.82) is 0 Å². The molecule has 2 aromatic rings. The molecule has 2 N–H and O–H groups in total. The van der Waals surface area contributed by atoms with Gasteiger partial charge in [0, 0.05) is 6.04 Å². The summed E-state index contributed by atoms with van der Waals surface area (Å²) >= 11 is 0. The number of benzene rings is 1. The molecule has 1 heterocycles. The zero-order chi connectivity index (χ0) is 14.3. The van der Waals surface area contributed by atoms with E-state index in [4.69, 9.17) is 5.73 Å². The van der Waals surface area contributed by atoms with Crippen molar-refractivity contribution >= 4 is 5.69 Å². The lowest BCUT2D eigenvalue weighted by atomic mass is 10.0. The minimum absolute atomic E-state index is 0.0575. The molecule has 0 saturated heterocycles. The zero-order valence-corrected chi connectivity index (χ0v) is 12.0. The number of nitrogen functional groups attached to an aromatic ring is 1. The van der Waals surface area contributed by atoms with Crippen LogP contribution in [0.25, 0.3) is 11.3 Å². The maximum atomic E-state index is 12.3. The summed E-state index contributed by atoms with van der Waals surface area (Å²) in [4.78, 5) is 12.3. The van der Waals surface area contributed by atoms with Gasteiger partial charge in [0.25, 0.3) is 5.56 Å². The van der Waals surface area contributed by atoms with Gasteiger partial charge < -0.3 is 10.3 Å². The quantitative estimate of drug-likeness (QED) is 0.925. The molecule has 0 aliphatic heterocycles. The number of nitrogens with zero attached hydrogens (tertiary/aromatic N) is 1. The summed E-state index contributed by atoms with van der Waals surface area (Å²) in [6.07, 6.45) is 2.14. The SMILES string of the molecule is CC(C)c1ccc(-c2ccc(N)c(=O)n2C2CC2)cc1. The van der Waals surface area contributed by atoms with E-state index in [1.54, 1.807) is 6.07 Å². The van der Waals surface area contributed by atoms with Crippen molar-refractivity contribution in [2.75, 3.05) is 5.73 Å². The third-order valence-electron chi connectivity index (χ3n) is 3.93. The van der Waals surface area contributed by atoms with Crippen LogP contribution in [-0.4, -0.2) is 4.57 Å². The predicted octanol–water partition coefficient (Wildman–Crippen LogP) is 3.56.